The summed E-state index contributed by atoms with van der Waals surface area (Å²) in [6.07, 6.45) is 10.3. The third-order valence-electron chi connectivity index (χ3n) is 5.49. The minimum Gasteiger partial charge on any atom is -0.315 e. The molecular weight excluding hydrogens is 234 g/mol. The van der Waals surface area contributed by atoms with E-state index in [-0.39, 0.29) is 0 Å². The molecule has 0 amide bonds. The van der Waals surface area contributed by atoms with Gasteiger partial charge in [0.2, 0.25) is 0 Å². The standard InChI is InChI=1S/C16H31N3/c1-2-6-15(5-1)16-7-3-11-19(16)14-13-18-10-4-8-17-9-12-18/h15-17H,1-14H2. The summed E-state index contributed by atoms with van der Waals surface area (Å²) in [4.78, 5) is 5.50. The first-order chi connectivity index (χ1) is 9.43. The van der Waals surface area contributed by atoms with Crippen molar-refractivity contribution in [3.05, 3.63) is 0 Å². The second-order valence-corrected chi connectivity index (χ2v) is 6.74. The summed E-state index contributed by atoms with van der Waals surface area (Å²) in [6.45, 7) is 8.94. The lowest BCUT2D eigenvalue weighted by atomic mass is 9.96. The molecule has 1 aliphatic carbocycles. The fourth-order valence-corrected chi connectivity index (χ4v) is 4.40. The van der Waals surface area contributed by atoms with Gasteiger partial charge in [-0.15, -0.1) is 0 Å². The summed E-state index contributed by atoms with van der Waals surface area (Å²) in [6, 6.07) is 0.938. The maximum Gasteiger partial charge on any atom is 0.0124 e. The maximum absolute atomic E-state index is 3.50. The summed E-state index contributed by atoms with van der Waals surface area (Å²) in [5.74, 6) is 1.04. The van der Waals surface area contributed by atoms with Crippen molar-refractivity contribution >= 4 is 0 Å². The van der Waals surface area contributed by atoms with Crippen molar-refractivity contribution in [2.24, 2.45) is 5.92 Å². The van der Waals surface area contributed by atoms with Crippen molar-refractivity contribution in [2.75, 3.05) is 45.8 Å². The maximum atomic E-state index is 3.50. The molecule has 2 saturated heterocycles. The number of likely N-dealkylation sites (tertiary alicyclic amines) is 1. The zero-order valence-electron chi connectivity index (χ0n) is 12.4. The molecule has 0 radical (unpaired) electrons. The van der Waals surface area contributed by atoms with Crippen LogP contribution in [0.3, 0.4) is 0 Å². The van der Waals surface area contributed by atoms with E-state index in [1.807, 2.05) is 0 Å². The van der Waals surface area contributed by atoms with E-state index in [1.54, 1.807) is 0 Å². The molecule has 0 aromatic rings. The van der Waals surface area contributed by atoms with E-state index >= 15 is 0 Å². The lowest BCUT2D eigenvalue weighted by Crippen LogP contribution is -2.41. The highest BCUT2D eigenvalue weighted by Crippen LogP contribution is 2.35. The largest absolute Gasteiger partial charge is 0.315 e. The molecule has 1 saturated carbocycles. The number of hydrogen-bond donors (Lipinski definition) is 1. The molecule has 1 atom stereocenters. The van der Waals surface area contributed by atoms with Crippen LogP contribution < -0.4 is 5.32 Å². The van der Waals surface area contributed by atoms with Crippen LogP contribution in [0.5, 0.6) is 0 Å². The minimum atomic E-state index is 0.938. The van der Waals surface area contributed by atoms with Crippen molar-refractivity contribution in [3.8, 4) is 0 Å². The van der Waals surface area contributed by atoms with Crippen LogP contribution in [0.1, 0.15) is 44.9 Å². The Kier molecular flexibility index (Phi) is 5.14. The molecule has 110 valence electrons. The monoisotopic (exact) mass is 265 g/mol. The molecule has 0 aromatic heterocycles. The van der Waals surface area contributed by atoms with Crippen molar-refractivity contribution in [1.82, 2.24) is 15.1 Å². The molecule has 2 heterocycles. The van der Waals surface area contributed by atoms with E-state index in [2.05, 4.69) is 15.1 Å². The lowest BCUT2D eigenvalue weighted by Gasteiger charge is -2.31. The molecule has 3 fully saturated rings. The van der Waals surface area contributed by atoms with Gasteiger partial charge < -0.3 is 10.2 Å². The molecule has 3 heteroatoms. The number of rotatable bonds is 4. The Hall–Kier alpha value is -0.120. The van der Waals surface area contributed by atoms with Crippen LogP contribution in [-0.2, 0) is 0 Å². The molecule has 0 aromatic carbocycles. The highest BCUT2D eigenvalue weighted by atomic mass is 15.2. The van der Waals surface area contributed by atoms with Gasteiger partial charge in [0, 0.05) is 32.2 Å². The van der Waals surface area contributed by atoms with E-state index in [0.717, 1.165) is 12.0 Å². The number of nitrogens with zero attached hydrogens (tertiary/aromatic N) is 2. The summed E-state index contributed by atoms with van der Waals surface area (Å²) in [5, 5.41) is 3.50. The van der Waals surface area contributed by atoms with Crippen molar-refractivity contribution < 1.29 is 0 Å². The van der Waals surface area contributed by atoms with E-state index in [9.17, 15) is 0 Å². The zero-order chi connectivity index (χ0) is 12.9. The van der Waals surface area contributed by atoms with E-state index < -0.39 is 0 Å². The first-order valence-electron chi connectivity index (χ1n) is 8.60. The first kappa shape index (κ1) is 13.8. The molecule has 0 spiro atoms. The van der Waals surface area contributed by atoms with E-state index in [1.165, 1.54) is 90.8 Å². The number of hydrogen-bond acceptors (Lipinski definition) is 3. The van der Waals surface area contributed by atoms with Gasteiger partial charge in [-0.25, -0.2) is 0 Å². The minimum absolute atomic E-state index is 0.938. The lowest BCUT2D eigenvalue weighted by molar-refractivity contribution is 0.161. The van der Waals surface area contributed by atoms with E-state index in [0.29, 0.717) is 0 Å². The number of nitrogens with one attached hydrogen (secondary N) is 1. The zero-order valence-corrected chi connectivity index (χ0v) is 12.4. The predicted molar refractivity (Wildman–Crippen MR) is 80.5 cm³/mol. The smallest absolute Gasteiger partial charge is 0.0124 e. The third-order valence-corrected chi connectivity index (χ3v) is 5.49. The normalized spacial score (nSPS) is 31.9. The van der Waals surface area contributed by atoms with Crippen LogP contribution >= 0.6 is 0 Å². The van der Waals surface area contributed by atoms with Gasteiger partial charge in [0.15, 0.2) is 0 Å². The summed E-state index contributed by atoms with van der Waals surface area (Å²) in [7, 11) is 0. The highest BCUT2D eigenvalue weighted by molar-refractivity contribution is 4.87. The molecule has 1 N–H and O–H groups in total. The van der Waals surface area contributed by atoms with Crippen LogP contribution in [0, 0.1) is 5.92 Å². The van der Waals surface area contributed by atoms with Gasteiger partial charge in [-0.1, -0.05) is 12.8 Å². The quantitative estimate of drug-likeness (QED) is 0.838. The summed E-state index contributed by atoms with van der Waals surface area (Å²) in [5.41, 5.74) is 0. The molecule has 3 aliphatic rings. The Balaban J connectivity index is 1.45. The van der Waals surface area contributed by atoms with Gasteiger partial charge in [0.1, 0.15) is 0 Å². The molecule has 19 heavy (non-hydrogen) atoms. The molecule has 3 nitrogen and oxygen atoms in total. The molecule has 2 aliphatic heterocycles. The van der Waals surface area contributed by atoms with Gasteiger partial charge in [0.05, 0.1) is 0 Å². The Bertz CT molecular complexity index is 255. The van der Waals surface area contributed by atoms with Crippen LogP contribution in [0.4, 0.5) is 0 Å². The highest BCUT2D eigenvalue weighted by Gasteiger charge is 2.32. The summed E-state index contributed by atoms with van der Waals surface area (Å²) < 4.78 is 0. The SMILES string of the molecule is C1CCC(C2CCCN2CCN2CCCNCC2)C1. The van der Waals surface area contributed by atoms with Crippen molar-refractivity contribution in [3.63, 3.8) is 0 Å². The van der Waals surface area contributed by atoms with Crippen LogP contribution in [-0.4, -0.2) is 61.7 Å². The fraction of sp³-hybridized carbons (Fsp3) is 1.00. The Morgan fingerprint density at radius 1 is 0.789 bits per heavy atom. The van der Waals surface area contributed by atoms with E-state index in [4.69, 9.17) is 0 Å². The average molecular weight is 265 g/mol. The molecule has 3 rings (SSSR count). The van der Waals surface area contributed by atoms with Crippen LogP contribution in [0.15, 0.2) is 0 Å². The fourth-order valence-electron chi connectivity index (χ4n) is 4.40. The van der Waals surface area contributed by atoms with Crippen LogP contribution in [0.2, 0.25) is 0 Å². The van der Waals surface area contributed by atoms with Crippen LogP contribution in [0.25, 0.3) is 0 Å². The summed E-state index contributed by atoms with van der Waals surface area (Å²) >= 11 is 0. The Morgan fingerprint density at radius 2 is 1.68 bits per heavy atom. The van der Waals surface area contributed by atoms with Gasteiger partial charge in [0.25, 0.3) is 0 Å². The van der Waals surface area contributed by atoms with Gasteiger partial charge in [-0.2, -0.15) is 0 Å². The average Bonchev–Trinajstić information content (AvgIpc) is 3.03. The second kappa shape index (κ2) is 7.05. The predicted octanol–water partition coefficient (Wildman–Crippen LogP) is 1.94. The molecular formula is C16H31N3. The van der Waals surface area contributed by atoms with Gasteiger partial charge >= 0.3 is 0 Å². The van der Waals surface area contributed by atoms with Crippen molar-refractivity contribution in [2.45, 2.75) is 51.0 Å². The van der Waals surface area contributed by atoms with Crippen molar-refractivity contribution in [1.29, 1.82) is 0 Å². The topological polar surface area (TPSA) is 18.5 Å². The molecule has 1 unspecified atom stereocenters. The van der Waals surface area contributed by atoms with Gasteiger partial charge in [-0.3, -0.25) is 4.90 Å². The second-order valence-electron chi connectivity index (χ2n) is 6.74. The third kappa shape index (κ3) is 3.71. The Morgan fingerprint density at radius 3 is 2.58 bits per heavy atom. The first-order valence-corrected chi connectivity index (χ1v) is 8.60. The molecule has 0 bridgehead atoms. The Labute approximate surface area is 118 Å². The van der Waals surface area contributed by atoms with Gasteiger partial charge in [-0.05, 0) is 57.7 Å².